The number of carbonyl (C=O) groups excluding carboxylic acids is 4. The van der Waals surface area contributed by atoms with Crippen LogP contribution in [0.5, 0.6) is 5.75 Å². The molecule has 9 atom stereocenters. The maximum Gasteiger partial charge on any atom is 0.407 e. The van der Waals surface area contributed by atoms with E-state index in [1.54, 1.807) is 0 Å². The van der Waals surface area contributed by atoms with E-state index >= 15 is 0 Å². The van der Waals surface area contributed by atoms with Crippen LogP contribution in [-0.4, -0.2) is 105 Å². The van der Waals surface area contributed by atoms with Crippen LogP contribution in [0.25, 0.3) is 44.2 Å². The van der Waals surface area contributed by atoms with E-state index in [-0.39, 0.29) is 47.8 Å². The fraction of sp³-hybridized carbons (Fsp3) is 0.547. The summed E-state index contributed by atoms with van der Waals surface area (Å²) in [6, 6.07) is 13.0. The van der Waals surface area contributed by atoms with Crippen molar-refractivity contribution in [1.82, 2.24) is 40.4 Å². The Labute approximate surface area is 403 Å². The Bertz CT molecular complexity index is 2750. The molecule has 4 aliphatic heterocycles. The van der Waals surface area contributed by atoms with E-state index in [1.165, 1.54) is 14.2 Å². The van der Waals surface area contributed by atoms with Gasteiger partial charge >= 0.3 is 12.2 Å². The van der Waals surface area contributed by atoms with Gasteiger partial charge in [0.1, 0.15) is 36.1 Å². The van der Waals surface area contributed by atoms with Crippen LogP contribution in [0.2, 0.25) is 0 Å². The van der Waals surface area contributed by atoms with E-state index in [1.807, 2.05) is 29.8 Å². The van der Waals surface area contributed by atoms with Gasteiger partial charge in [-0.2, -0.15) is 0 Å². The number of aromatic amines is 2. The Hall–Kier alpha value is -6.16. The van der Waals surface area contributed by atoms with Crippen molar-refractivity contribution in [1.29, 1.82) is 0 Å². The van der Waals surface area contributed by atoms with Gasteiger partial charge in [-0.3, -0.25) is 9.59 Å². The molecule has 5 aromatic rings. The predicted molar refractivity (Wildman–Crippen MR) is 260 cm³/mol. The Balaban J connectivity index is 0.916. The minimum atomic E-state index is -0.721. The lowest BCUT2D eigenvalue weighted by molar-refractivity contribution is -0.139. The predicted octanol–water partition coefficient (Wildman–Crippen LogP) is 9.11. The summed E-state index contributed by atoms with van der Waals surface area (Å²) in [5, 5.41) is 7.73. The number of nitrogens with zero attached hydrogens (tertiary/aromatic N) is 4. The number of aromatic nitrogens is 4. The molecular formula is C53H66N8O8. The fourth-order valence-corrected chi connectivity index (χ4v) is 12.3. The molecule has 1 aliphatic carbocycles. The molecule has 4 fully saturated rings. The van der Waals surface area contributed by atoms with Gasteiger partial charge in [-0.1, -0.05) is 52.3 Å². The Morgan fingerprint density at radius 1 is 0.841 bits per heavy atom. The smallest absolute Gasteiger partial charge is 0.407 e. The first-order chi connectivity index (χ1) is 33.5. The Morgan fingerprint density at radius 3 is 2.41 bits per heavy atom. The van der Waals surface area contributed by atoms with E-state index in [4.69, 9.17) is 28.9 Å². The number of benzene rings is 3. The molecule has 16 nitrogen and oxygen atoms in total. The number of nitrogens with one attached hydrogen (secondary N) is 4. The summed E-state index contributed by atoms with van der Waals surface area (Å²) in [7, 11) is 2.65. The number of likely N-dealkylation sites (tertiary alicyclic amines) is 2. The zero-order valence-corrected chi connectivity index (χ0v) is 40.6. The summed E-state index contributed by atoms with van der Waals surface area (Å²) in [5.74, 6) is 2.90. The highest BCUT2D eigenvalue weighted by Gasteiger charge is 2.50. The van der Waals surface area contributed by atoms with Crippen molar-refractivity contribution in [2.75, 3.05) is 27.4 Å². The molecule has 2 aromatic heterocycles. The monoisotopic (exact) mass is 943 g/mol. The molecule has 10 rings (SSSR count). The number of rotatable bonds is 11. The second kappa shape index (κ2) is 19.3. The average Bonchev–Trinajstić information content (AvgIpc) is 4.21. The summed E-state index contributed by atoms with van der Waals surface area (Å²) in [6.45, 7) is 9.91. The lowest BCUT2D eigenvalue weighted by Gasteiger charge is -2.38. The topological polar surface area (TPSA) is 193 Å². The van der Waals surface area contributed by atoms with Crippen LogP contribution in [0.1, 0.15) is 121 Å². The third kappa shape index (κ3) is 8.67. The van der Waals surface area contributed by atoms with Crippen molar-refractivity contribution in [2.45, 2.75) is 135 Å². The summed E-state index contributed by atoms with van der Waals surface area (Å²) in [4.78, 5) is 75.6. The number of imidazole rings is 2. The van der Waals surface area contributed by atoms with Crippen molar-refractivity contribution >= 4 is 45.8 Å². The normalized spacial score (nSPS) is 24.7. The largest absolute Gasteiger partial charge is 0.488 e. The molecular weight excluding hydrogens is 877 g/mol. The number of hydrogen-bond acceptors (Lipinski definition) is 10. The number of carbonyl (C=O) groups is 4. The van der Waals surface area contributed by atoms with Crippen molar-refractivity contribution in [3.05, 3.63) is 65.9 Å². The van der Waals surface area contributed by atoms with Crippen LogP contribution in [0, 0.1) is 23.7 Å². The number of ether oxygens (including phenoxy) is 4. The van der Waals surface area contributed by atoms with Gasteiger partial charge < -0.3 is 49.3 Å². The average molecular weight is 943 g/mol. The molecule has 366 valence electrons. The Morgan fingerprint density at radius 2 is 1.64 bits per heavy atom. The first kappa shape index (κ1) is 46.6. The molecule has 1 saturated carbocycles. The minimum absolute atomic E-state index is 0.0119. The molecule has 4 amide bonds. The first-order valence-electron chi connectivity index (χ1n) is 25.2. The molecule has 0 spiro atoms. The molecule has 3 aromatic carbocycles. The van der Waals surface area contributed by atoms with E-state index in [0.717, 1.165) is 119 Å². The van der Waals surface area contributed by atoms with Gasteiger partial charge in [0.25, 0.3) is 0 Å². The second-order valence-corrected chi connectivity index (χ2v) is 20.2. The summed E-state index contributed by atoms with van der Waals surface area (Å²) >= 11 is 0. The van der Waals surface area contributed by atoms with Crippen LogP contribution < -0.4 is 15.4 Å². The molecule has 16 heteroatoms. The molecule has 69 heavy (non-hydrogen) atoms. The van der Waals surface area contributed by atoms with Crippen molar-refractivity contribution in [3.8, 4) is 28.1 Å². The van der Waals surface area contributed by atoms with E-state index in [9.17, 15) is 19.2 Å². The summed E-state index contributed by atoms with van der Waals surface area (Å²) in [6.07, 6.45) is 8.99. The lowest BCUT2D eigenvalue weighted by atomic mass is 9.79. The van der Waals surface area contributed by atoms with Gasteiger partial charge in [-0.15, -0.1) is 0 Å². The van der Waals surface area contributed by atoms with Crippen molar-refractivity contribution < 1.29 is 38.1 Å². The highest BCUT2D eigenvalue weighted by molar-refractivity contribution is 6.07. The van der Waals surface area contributed by atoms with Crippen LogP contribution in [0.3, 0.4) is 0 Å². The van der Waals surface area contributed by atoms with Gasteiger partial charge in [-0.25, -0.2) is 19.6 Å². The summed E-state index contributed by atoms with van der Waals surface area (Å²) < 4.78 is 22.1. The number of H-pyrrole nitrogens is 2. The maximum atomic E-state index is 14.6. The van der Waals surface area contributed by atoms with E-state index in [0.29, 0.717) is 44.5 Å². The number of amides is 4. The molecule has 0 bridgehead atoms. The minimum Gasteiger partial charge on any atom is -0.488 e. The molecule has 4 N–H and O–H groups in total. The van der Waals surface area contributed by atoms with Crippen LogP contribution in [0.15, 0.2) is 48.7 Å². The zero-order valence-electron chi connectivity index (χ0n) is 40.6. The van der Waals surface area contributed by atoms with Crippen molar-refractivity contribution in [2.24, 2.45) is 23.7 Å². The number of alkyl carbamates (subject to hydrolysis) is 2. The molecule has 0 unspecified atom stereocenters. The standard InChI is InChI=1S/C53H66N8O8/c1-7-29(4)45(58-52(64)66-5)50(62)61-41-15-9-28(3)21-33(41)24-43(61)48-54-26-40(56-48)32-10-13-36-34(22-32)27-69-44-25-37-31(23-38(36)44)11-14-39-47(37)57-49(55-39)42-16-12-35(8-2)60(42)51(63)46(59-53(65)67-6)30-17-19-68-20-18-30/h10-11,13-14,22-23,25-26,28-30,33,35,41-43,45-46H,7-9,12,15-21,24,27H2,1-6H3,(H,54,56)(H,55,57)(H,58,64)(H,59,65)/t28-,29+,33+,35+,41+,42+,43+,45+,46+/m1/s1. The van der Waals surface area contributed by atoms with Gasteiger partial charge in [0.05, 0.1) is 49.2 Å². The van der Waals surface area contributed by atoms with Crippen LogP contribution >= 0.6 is 0 Å². The quantitative estimate of drug-likeness (QED) is 0.0993. The number of methoxy groups -OCH3 is 2. The van der Waals surface area contributed by atoms with Gasteiger partial charge in [-0.05, 0) is 128 Å². The summed E-state index contributed by atoms with van der Waals surface area (Å²) in [5.41, 5.74) is 6.68. The zero-order chi connectivity index (χ0) is 48.1. The fourth-order valence-electron chi connectivity index (χ4n) is 12.3. The highest BCUT2D eigenvalue weighted by Crippen LogP contribution is 2.49. The van der Waals surface area contributed by atoms with Crippen molar-refractivity contribution in [3.63, 3.8) is 0 Å². The van der Waals surface area contributed by atoms with Crippen LogP contribution in [0.4, 0.5) is 9.59 Å². The number of fused-ring (bicyclic) bond motifs is 7. The van der Waals surface area contributed by atoms with Gasteiger partial charge in [0, 0.05) is 36.2 Å². The maximum absolute atomic E-state index is 14.6. The van der Waals surface area contributed by atoms with Gasteiger partial charge in [0.15, 0.2) is 0 Å². The van der Waals surface area contributed by atoms with Gasteiger partial charge in [0.2, 0.25) is 11.8 Å². The third-order valence-electron chi connectivity index (χ3n) is 16.2. The molecule has 6 heterocycles. The molecule has 0 radical (unpaired) electrons. The molecule has 3 saturated heterocycles. The Kier molecular flexibility index (Phi) is 13.0. The van der Waals surface area contributed by atoms with E-state index < -0.39 is 24.3 Å². The molecule has 5 aliphatic rings. The number of hydrogen-bond donors (Lipinski definition) is 4. The van der Waals surface area contributed by atoms with Crippen LogP contribution in [-0.2, 0) is 30.4 Å². The lowest BCUT2D eigenvalue weighted by Crippen LogP contribution is -2.54. The second-order valence-electron chi connectivity index (χ2n) is 20.2. The SMILES string of the molecule is CC[C@H]1CC[C@@H](c2nc3c(ccc4cc5c(cc43)OCc3cc(-c4cnc([C@@H]6C[C@@H]7C[C@H](C)CC[C@@H]7N6C(=O)[C@@H](NC(=O)OC)[C@@H](C)CC)[nH]4)ccc3-5)[nH]2)N1C(=O)[C@@H](NC(=O)OC)C1CCOCC1. The highest BCUT2D eigenvalue weighted by atomic mass is 16.5. The first-order valence-corrected chi connectivity index (χ1v) is 25.2. The van der Waals surface area contributed by atoms with E-state index in [2.05, 4.69) is 76.9 Å². The third-order valence-corrected chi connectivity index (χ3v) is 16.2.